The molecule has 0 aliphatic carbocycles. The van der Waals surface area contributed by atoms with E-state index in [4.69, 9.17) is 9.47 Å². The lowest BCUT2D eigenvalue weighted by Gasteiger charge is -2.22. The van der Waals surface area contributed by atoms with E-state index in [1.54, 1.807) is 0 Å². The second-order valence-corrected chi connectivity index (χ2v) is 10.8. The van der Waals surface area contributed by atoms with Crippen LogP contribution in [0.15, 0.2) is 36.5 Å². The second kappa shape index (κ2) is 31.3. The number of ether oxygens (including phenoxy) is 2. The first-order valence-corrected chi connectivity index (χ1v) is 16.0. The van der Waals surface area contributed by atoms with Crippen LogP contribution < -0.4 is 0 Å². The molecule has 218 valence electrons. The van der Waals surface area contributed by atoms with Crippen LogP contribution in [0.3, 0.4) is 0 Å². The predicted molar refractivity (Wildman–Crippen MR) is 165 cm³/mol. The SMILES string of the molecule is CCCC=CCCCCCCCO[C@H](CN(C)C)OCCCCCCCCC=CCC=CCCCCC. The van der Waals surface area contributed by atoms with Crippen LogP contribution in [0.2, 0.25) is 0 Å². The van der Waals surface area contributed by atoms with E-state index < -0.39 is 0 Å². The van der Waals surface area contributed by atoms with Crippen molar-refractivity contribution in [3.63, 3.8) is 0 Å². The summed E-state index contributed by atoms with van der Waals surface area (Å²) in [4.78, 5) is 2.16. The van der Waals surface area contributed by atoms with Gasteiger partial charge in [-0.3, -0.25) is 0 Å². The van der Waals surface area contributed by atoms with Crippen molar-refractivity contribution in [3.05, 3.63) is 36.5 Å². The van der Waals surface area contributed by atoms with Gasteiger partial charge in [0.2, 0.25) is 0 Å². The fourth-order valence-electron chi connectivity index (χ4n) is 4.27. The number of nitrogens with zero attached hydrogens (tertiary/aromatic N) is 1. The lowest BCUT2D eigenvalue weighted by Crippen LogP contribution is -2.31. The van der Waals surface area contributed by atoms with E-state index in [0.29, 0.717) is 0 Å². The Labute approximate surface area is 233 Å². The van der Waals surface area contributed by atoms with Gasteiger partial charge in [-0.25, -0.2) is 0 Å². The fraction of sp³-hybridized carbons (Fsp3) is 0.824. The fourth-order valence-corrected chi connectivity index (χ4v) is 4.27. The minimum absolute atomic E-state index is 0.0864. The normalized spacial score (nSPS) is 13.2. The summed E-state index contributed by atoms with van der Waals surface area (Å²) in [6.07, 6.45) is 39.4. The van der Waals surface area contributed by atoms with E-state index in [0.717, 1.165) is 39.0 Å². The van der Waals surface area contributed by atoms with Gasteiger partial charge in [-0.05, 0) is 78.3 Å². The Kier molecular flexibility index (Phi) is 30.6. The molecule has 0 rings (SSSR count). The molecule has 0 aliphatic heterocycles. The molecule has 0 aliphatic rings. The van der Waals surface area contributed by atoms with Crippen molar-refractivity contribution in [3.8, 4) is 0 Å². The topological polar surface area (TPSA) is 21.7 Å². The highest BCUT2D eigenvalue weighted by atomic mass is 16.7. The van der Waals surface area contributed by atoms with Crippen molar-refractivity contribution in [2.24, 2.45) is 0 Å². The number of unbranched alkanes of at least 4 members (excludes halogenated alkanes) is 15. The van der Waals surface area contributed by atoms with Gasteiger partial charge in [-0.15, -0.1) is 0 Å². The van der Waals surface area contributed by atoms with Gasteiger partial charge < -0.3 is 14.4 Å². The molecule has 0 aromatic carbocycles. The van der Waals surface area contributed by atoms with Crippen LogP contribution in [0.5, 0.6) is 0 Å². The smallest absolute Gasteiger partial charge is 0.170 e. The summed E-state index contributed by atoms with van der Waals surface area (Å²) in [5.74, 6) is 0. The maximum absolute atomic E-state index is 6.08. The van der Waals surface area contributed by atoms with Crippen molar-refractivity contribution in [2.45, 2.75) is 149 Å². The highest BCUT2D eigenvalue weighted by Crippen LogP contribution is 2.10. The summed E-state index contributed by atoms with van der Waals surface area (Å²) in [5.41, 5.74) is 0. The summed E-state index contributed by atoms with van der Waals surface area (Å²) in [6, 6.07) is 0. The van der Waals surface area contributed by atoms with Gasteiger partial charge >= 0.3 is 0 Å². The van der Waals surface area contributed by atoms with Gasteiger partial charge in [0.05, 0.1) is 0 Å². The molecule has 0 aromatic rings. The standard InChI is InChI=1S/C34H65NO2/c1-5-7-9-11-13-15-17-18-19-20-21-22-24-26-28-30-32-37-34(33-35(3)4)36-31-29-27-25-23-16-14-12-10-8-6-2/h10,12-13,15,18-19,34H,5-9,11,14,16-17,20-33H2,1-4H3/t34-/m0/s1. The molecule has 0 fully saturated rings. The minimum Gasteiger partial charge on any atom is -0.351 e. The largest absolute Gasteiger partial charge is 0.351 e. The molecule has 0 radical (unpaired) electrons. The zero-order chi connectivity index (χ0) is 27.1. The molecule has 0 spiro atoms. The summed E-state index contributed by atoms with van der Waals surface area (Å²) >= 11 is 0. The van der Waals surface area contributed by atoms with Crippen LogP contribution in [-0.2, 0) is 9.47 Å². The molecule has 0 N–H and O–H groups in total. The maximum Gasteiger partial charge on any atom is 0.170 e. The molecule has 1 atom stereocenters. The molecule has 0 heterocycles. The van der Waals surface area contributed by atoms with Crippen LogP contribution in [0.1, 0.15) is 142 Å². The molecule has 37 heavy (non-hydrogen) atoms. The van der Waals surface area contributed by atoms with E-state index in [-0.39, 0.29) is 6.29 Å². The molecule has 0 saturated heterocycles. The van der Waals surface area contributed by atoms with Crippen molar-refractivity contribution in [2.75, 3.05) is 33.9 Å². The Hall–Kier alpha value is -0.900. The minimum atomic E-state index is -0.0864. The third-order valence-electron chi connectivity index (χ3n) is 6.60. The zero-order valence-electron chi connectivity index (χ0n) is 25.6. The zero-order valence-corrected chi connectivity index (χ0v) is 25.6. The average molecular weight is 520 g/mol. The van der Waals surface area contributed by atoms with Gasteiger partial charge in [0.15, 0.2) is 6.29 Å². The Morgan fingerprint density at radius 1 is 0.486 bits per heavy atom. The van der Waals surface area contributed by atoms with Crippen LogP contribution in [0, 0.1) is 0 Å². The van der Waals surface area contributed by atoms with E-state index in [2.05, 4.69) is 69.3 Å². The number of rotatable bonds is 29. The predicted octanol–water partition coefficient (Wildman–Crippen LogP) is 10.4. The molecule has 3 nitrogen and oxygen atoms in total. The molecule has 3 heteroatoms. The number of likely N-dealkylation sites (N-methyl/N-ethyl adjacent to an activating group) is 1. The van der Waals surface area contributed by atoms with Crippen molar-refractivity contribution < 1.29 is 9.47 Å². The summed E-state index contributed by atoms with van der Waals surface area (Å²) in [5, 5.41) is 0. The molecule has 0 bridgehead atoms. The lowest BCUT2D eigenvalue weighted by molar-refractivity contribution is -0.150. The molecular formula is C34H65NO2. The number of allylic oxidation sites excluding steroid dienone is 6. The van der Waals surface area contributed by atoms with Gasteiger partial charge in [0.1, 0.15) is 0 Å². The first kappa shape index (κ1) is 36.1. The van der Waals surface area contributed by atoms with Gasteiger partial charge in [0.25, 0.3) is 0 Å². The van der Waals surface area contributed by atoms with Crippen LogP contribution in [0.4, 0.5) is 0 Å². The lowest BCUT2D eigenvalue weighted by atomic mass is 10.1. The van der Waals surface area contributed by atoms with Crippen molar-refractivity contribution in [1.29, 1.82) is 0 Å². The van der Waals surface area contributed by atoms with E-state index in [9.17, 15) is 0 Å². The number of hydrogen-bond donors (Lipinski definition) is 0. The maximum atomic E-state index is 6.08. The number of hydrogen-bond acceptors (Lipinski definition) is 3. The van der Waals surface area contributed by atoms with E-state index in [1.165, 1.54) is 109 Å². The van der Waals surface area contributed by atoms with Crippen LogP contribution >= 0.6 is 0 Å². The average Bonchev–Trinajstić information content (AvgIpc) is 2.88. The van der Waals surface area contributed by atoms with Crippen LogP contribution in [-0.4, -0.2) is 45.0 Å². The Morgan fingerprint density at radius 3 is 1.41 bits per heavy atom. The Bertz CT molecular complexity index is 512. The highest BCUT2D eigenvalue weighted by Gasteiger charge is 2.10. The van der Waals surface area contributed by atoms with Gasteiger partial charge in [-0.1, -0.05) is 115 Å². The van der Waals surface area contributed by atoms with Crippen molar-refractivity contribution >= 4 is 0 Å². The third-order valence-corrected chi connectivity index (χ3v) is 6.60. The van der Waals surface area contributed by atoms with Crippen molar-refractivity contribution in [1.82, 2.24) is 4.90 Å². The van der Waals surface area contributed by atoms with E-state index in [1.807, 2.05) is 0 Å². The monoisotopic (exact) mass is 520 g/mol. The molecular weight excluding hydrogens is 454 g/mol. The quantitative estimate of drug-likeness (QED) is 0.0557. The van der Waals surface area contributed by atoms with Gasteiger partial charge in [-0.2, -0.15) is 0 Å². The Morgan fingerprint density at radius 2 is 0.919 bits per heavy atom. The summed E-state index contributed by atoms with van der Waals surface area (Å²) in [7, 11) is 4.18. The first-order valence-electron chi connectivity index (χ1n) is 16.0. The Balaban J connectivity index is 3.58. The molecule has 0 aromatic heterocycles. The third kappa shape index (κ3) is 31.2. The molecule has 0 amide bonds. The molecule has 0 unspecified atom stereocenters. The second-order valence-electron chi connectivity index (χ2n) is 10.8. The summed E-state index contributed by atoms with van der Waals surface area (Å²) in [6.45, 7) is 6.97. The van der Waals surface area contributed by atoms with E-state index >= 15 is 0 Å². The summed E-state index contributed by atoms with van der Waals surface area (Å²) < 4.78 is 12.1. The molecule has 0 saturated carbocycles. The highest BCUT2D eigenvalue weighted by molar-refractivity contribution is 4.92. The first-order chi connectivity index (χ1) is 18.2. The van der Waals surface area contributed by atoms with Crippen LogP contribution in [0.25, 0.3) is 0 Å². The van der Waals surface area contributed by atoms with Gasteiger partial charge in [0, 0.05) is 19.8 Å².